The first-order chi connectivity index (χ1) is 18.3. The summed E-state index contributed by atoms with van der Waals surface area (Å²) in [6.45, 7) is 3.73. The van der Waals surface area contributed by atoms with Crippen LogP contribution < -0.4 is 25.5 Å². The van der Waals surface area contributed by atoms with Crippen molar-refractivity contribution >= 4 is 17.3 Å². The maximum absolute atomic E-state index is 13.7. The highest BCUT2D eigenvalue weighted by Gasteiger charge is 2.19. The van der Waals surface area contributed by atoms with E-state index < -0.39 is 24.3 Å². The smallest absolute Gasteiger partial charge is 0.331 e. The predicted octanol–water partition coefficient (Wildman–Crippen LogP) is 3.52. The standard InChI is InChI=1S/C27H33F2N3O6/c1-5-19(30(6-2)17-33)11-12-31-22-9-8-20(38-16-25(28)29)14-21(22)26(34)32(27(31)35)15-18-7-10-23(36-3)24(13-18)37-4/h7-10,13-14,17,19,25H,5-6,11-12,15-16H2,1-4H3. The fourth-order valence-electron chi connectivity index (χ4n) is 4.47. The maximum Gasteiger partial charge on any atom is 0.331 e. The Kier molecular flexibility index (Phi) is 9.86. The Morgan fingerprint density at radius 1 is 1.00 bits per heavy atom. The van der Waals surface area contributed by atoms with Crippen LogP contribution in [0.2, 0.25) is 0 Å². The lowest BCUT2D eigenvalue weighted by Crippen LogP contribution is -2.41. The number of alkyl halides is 2. The molecule has 0 saturated carbocycles. The number of nitrogens with zero attached hydrogens (tertiary/aromatic N) is 3. The van der Waals surface area contributed by atoms with Crippen LogP contribution >= 0.6 is 0 Å². The number of aryl methyl sites for hydroxylation is 1. The zero-order valence-electron chi connectivity index (χ0n) is 22.0. The van der Waals surface area contributed by atoms with Gasteiger partial charge in [0.1, 0.15) is 12.4 Å². The fraction of sp³-hybridized carbons (Fsp3) is 0.444. The van der Waals surface area contributed by atoms with Crippen molar-refractivity contribution in [2.24, 2.45) is 0 Å². The molecule has 1 aromatic heterocycles. The van der Waals surface area contributed by atoms with E-state index in [1.807, 2.05) is 13.8 Å². The molecule has 1 heterocycles. The van der Waals surface area contributed by atoms with E-state index in [9.17, 15) is 23.2 Å². The van der Waals surface area contributed by atoms with E-state index in [-0.39, 0.29) is 30.3 Å². The first-order valence-electron chi connectivity index (χ1n) is 12.4. The molecule has 0 saturated heterocycles. The lowest BCUT2D eigenvalue weighted by atomic mass is 10.1. The monoisotopic (exact) mass is 533 g/mol. The molecule has 3 aromatic rings. The summed E-state index contributed by atoms with van der Waals surface area (Å²) in [5, 5.41) is 0.160. The Labute approximate surface area is 219 Å². The molecule has 11 heteroatoms. The topological polar surface area (TPSA) is 92.0 Å². The van der Waals surface area contributed by atoms with Gasteiger partial charge in [0.05, 0.1) is 31.7 Å². The number of carbonyl (C=O) groups is 1. The third-order valence-corrected chi connectivity index (χ3v) is 6.49. The number of methoxy groups -OCH3 is 2. The fourth-order valence-corrected chi connectivity index (χ4v) is 4.47. The molecule has 3 rings (SSSR count). The van der Waals surface area contributed by atoms with Gasteiger partial charge in [-0.1, -0.05) is 13.0 Å². The summed E-state index contributed by atoms with van der Waals surface area (Å²) in [6, 6.07) is 9.34. The lowest BCUT2D eigenvalue weighted by molar-refractivity contribution is -0.120. The number of amides is 1. The van der Waals surface area contributed by atoms with Gasteiger partial charge in [-0.15, -0.1) is 0 Å². The third-order valence-electron chi connectivity index (χ3n) is 6.49. The normalized spacial score (nSPS) is 12.0. The minimum Gasteiger partial charge on any atom is -0.493 e. The predicted molar refractivity (Wildman–Crippen MR) is 140 cm³/mol. The summed E-state index contributed by atoms with van der Waals surface area (Å²) in [4.78, 5) is 40.3. The van der Waals surface area contributed by atoms with Gasteiger partial charge in [0.15, 0.2) is 11.5 Å². The van der Waals surface area contributed by atoms with Gasteiger partial charge in [0, 0.05) is 19.1 Å². The second-order valence-electron chi connectivity index (χ2n) is 8.68. The molecule has 9 nitrogen and oxygen atoms in total. The van der Waals surface area contributed by atoms with Crippen LogP contribution in [0.4, 0.5) is 8.78 Å². The molecule has 1 atom stereocenters. The van der Waals surface area contributed by atoms with E-state index in [1.54, 1.807) is 23.1 Å². The highest BCUT2D eigenvalue weighted by atomic mass is 19.3. The quantitative estimate of drug-likeness (QED) is 0.295. The number of rotatable bonds is 14. The summed E-state index contributed by atoms with van der Waals surface area (Å²) in [7, 11) is 2.99. The average molecular weight is 534 g/mol. The molecule has 0 bridgehead atoms. The third kappa shape index (κ3) is 6.32. The van der Waals surface area contributed by atoms with Crippen molar-refractivity contribution in [1.82, 2.24) is 14.0 Å². The summed E-state index contributed by atoms with van der Waals surface area (Å²) < 4.78 is 43.7. The molecule has 1 unspecified atom stereocenters. The first-order valence-corrected chi connectivity index (χ1v) is 12.4. The zero-order valence-corrected chi connectivity index (χ0v) is 22.0. The second-order valence-corrected chi connectivity index (χ2v) is 8.68. The van der Waals surface area contributed by atoms with E-state index in [2.05, 4.69) is 0 Å². The van der Waals surface area contributed by atoms with Gasteiger partial charge in [0.2, 0.25) is 6.41 Å². The van der Waals surface area contributed by atoms with Crippen LogP contribution in [0.15, 0.2) is 46.0 Å². The van der Waals surface area contributed by atoms with Crippen molar-refractivity contribution in [1.29, 1.82) is 0 Å². The lowest BCUT2D eigenvalue weighted by Gasteiger charge is -2.26. The molecule has 0 aliphatic heterocycles. The van der Waals surface area contributed by atoms with Gasteiger partial charge < -0.3 is 19.1 Å². The van der Waals surface area contributed by atoms with Crippen LogP contribution in [-0.2, 0) is 17.9 Å². The largest absolute Gasteiger partial charge is 0.493 e. The highest BCUT2D eigenvalue weighted by molar-refractivity contribution is 5.79. The van der Waals surface area contributed by atoms with Crippen molar-refractivity contribution in [3.8, 4) is 17.2 Å². The van der Waals surface area contributed by atoms with Crippen molar-refractivity contribution in [2.75, 3.05) is 27.4 Å². The van der Waals surface area contributed by atoms with Crippen molar-refractivity contribution in [3.05, 3.63) is 62.8 Å². The van der Waals surface area contributed by atoms with Gasteiger partial charge in [-0.05, 0) is 55.7 Å². The number of benzene rings is 2. The summed E-state index contributed by atoms with van der Waals surface area (Å²) in [6.07, 6.45) is -0.710. The molecular formula is C27H33F2N3O6. The Balaban J connectivity index is 2.13. The van der Waals surface area contributed by atoms with Crippen molar-refractivity contribution < 1.29 is 27.8 Å². The van der Waals surface area contributed by atoms with Gasteiger partial charge >= 0.3 is 5.69 Å². The number of hydrogen-bond donors (Lipinski definition) is 0. The van der Waals surface area contributed by atoms with Crippen molar-refractivity contribution in [2.45, 2.75) is 52.2 Å². The molecule has 2 aromatic carbocycles. The van der Waals surface area contributed by atoms with Gasteiger partial charge in [-0.2, -0.15) is 0 Å². The summed E-state index contributed by atoms with van der Waals surface area (Å²) in [5.41, 5.74) is -0.115. The van der Waals surface area contributed by atoms with E-state index >= 15 is 0 Å². The molecule has 206 valence electrons. The van der Waals surface area contributed by atoms with E-state index in [1.165, 1.54) is 37.0 Å². The average Bonchev–Trinajstić information content (AvgIpc) is 2.93. The molecule has 0 radical (unpaired) electrons. The minimum absolute atomic E-state index is 0.0529. The Morgan fingerprint density at radius 2 is 1.74 bits per heavy atom. The number of hydrogen-bond acceptors (Lipinski definition) is 6. The van der Waals surface area contributed by atoms with E-state index in [4.69, 9.17) is 14.2 Å². The molecule has 0 aliphatic carbocycles. The molecular weight excluding hydrogens is 500 g/mol. The molecule has 1 amide bonds. The number of halogens is 2. The maximum atomic E-state index is 13.7. The minimum atomic E-state index is -2.67. The molecule has 0 fully saturated rings. The van der Waals surface area contributed by atoms with Crippen LogP contribution in [0.3, 0.4) is 0 Å². The highest BCUT2D eigenvalue weighted by Crippen LogP contribution is 2.28. The van der Waals surface area contributed by atoms with Crippen LogP contribution in [-0.4, -0.2) is 60.3 Å². The Bertz CT molecular complexity index is 1370. The van der Waals surface area contributed by atoms with Gasteiger partial charge in [-0.25, -0.2) is 13.6 Å². The van der Waals surface area contributed by atoms with E-state index in [0.717, 1.165) is 11.0 Å². The number of carbonyl (C=O) groups excluding carboxylic acids is 1. The van der Waals surface area contributed by atoms with Crippen LogP contribution in [0.1, 0.15) is 32.3 Å². The Morgan fingerprint density at radius 3 is 2.34 bits per heavy atom. The molecule has 0 aliphatic rings. The van der Waals surface area contributed by atoms with Gasteiger partial charge in [-0.3, -0.25) is 18.7 Å². The van der Waals surface area contributed by atoms with Gasteiger partial charge in [0.25, 0.3) is 12.0 Å². The Hall–Kier alpha value is -3.89. The van der Waals surface area contributed by atoms with Crippen LogP contribution in [0.5, 0.6) is 17.2 Å². The number of aromatic nitrogens is 2. The van der Waals surface area contributed by atoms with Crippen molar-refractivity contribution in [3.63, 3.8) is 0 Å². The molecule has 0 N–H and O–H groups in total. The number of ether oxygens (including phenoxy) is 3. The summed E-state index contributed by atoms with van der Waals surface area (Å²) in [5.74, 6) is 1.05. The second kappa shape index (κ2) is 13.1. The molecule has 0 spiro atoms. The SMILES string of the molecule is CCC(CCn1c(=O)n(Cc2ccc(OC)c(OC)c2)c(=O)c2cc(OCC(F)F)ccc21)N(C=O)CC. The first kappa shape index (κ1) is 28.7. The van der Waals surface area contributed by atoms with Crippen LogP contribution in [0, 0.1) is 0 Å². The summed E-state index contributed by atoms with van der Waals surface area (Å²) >= 11 is 0. The van der Waals surface area contributed by atoms with E-state index in [0.29, 0.717) is 42.0 Å². The zero-order chi connectivity index (χ0) is 27.8. The van der Waals surface area contributed by atoms with Crippen LogP contribution in [0.25, 0.3) is 10.9 Å². The number of fused-ring (bicyclic) bond motifs is 1. The molecule has 38 heavy (non-hydrogen) atoms.